The number of unbranched alkanes of at least 4 members (excludes halogenated alkanes) is 1. The Morgan fingerprint density at radius 1 is 0.390 bits per heavy atom. The maximum Gasteiger partial charge on any atom is 0.220 e. The molecule has 0 bridgehead atoms. The summed E-state index contributed by atoms with van der Waals surface area (Å²) in [6.45, 7) is -4.67. The van der Waals surface area contributed by atoms with Gasteiger partial charge in [-0.1, -0.05) is 48.5 Å². The number of nitrogens with two attached hydrogens (primary N) is 1. The fourth-order valence-corrected chi connectivity index (χ4v) is 8.53. The van der Waals surface area contributed by atoms with E-state index in [9.17, 15) is 107 Å². The van der Waals surface area contributed by atoms with Gasteiger partial charge in [0.05, 0.1) is 50.8 Å². The van der Waals surface area contributed by atoms with Gasteiger partial charge in [-0.3, -0.25) is 14.6 Å². The Balaban J connectivity index is 2.31. The first kappa shape index (κ1) is 70.1. The third-order valence-electron chi connectivity index (χ3n) is 13.5. The van der Waals surface area contributed by atoms with Crippen molar-refractivity contribution in [1.82, 2.24) is 20.0 Å². The standard InChI is InChI=1S/C51H91N5O21/c52-16-2-1-5-31-6-11-33(12-7-31)34-13-8-32(9-14-34)10-15-43(69)53-17-22-54(18-3-20-55(23-35(61)44(70)48(74)39(65)27-57)24-36(62)45(71)49(75)40(66)28-58)19-4-21-56(25-37(63)46(72)50(76)41(67)29-59)26-38(64)47(73)51(77)42(68)30-60/h6-9,11-14,35-42,44-51,57-68,70-77H,1-5,10,15-30,52H2,(H,53,69)/t35-,36-,37-,38-,39+,40+,41+,42+,44+,45+,46+,47+,48+,49+,50+,51+/m0/s1. The van der Waals surface area contributed by atoms with Gasteiger partial charge in [-0.25, -0.2) is 0 Å². The Morgan fingerprint density at radius 3 is 1.00 bits per heavy atom. The van der Waals surface area contributed by atoms with Crippen molar-refractivity contribution < 1.29 is 107 Å². The van der Waals surface area contributed by atoms with Crippen molar-refractivity contribution in [2.24, 2.45) is 5.73 Å². The second-order valence-electron chi connectivity index (χ2n) is 19.8. The van der Waals surface area contributed by atoms with E-state index >= 15 is 0 Å². The second-order valence-corrected chi connectivity index (χ2v) is 19.8. The largest absolute Gasteiger partial charge is 0.394 e. The normalized spacial score (nSPS) is 18.6. The molecular formula is C51H91N5O21. The van der Waals surface area contributed by atoms with Crippen LogP contribution in [0, 0.1) is 0 Å². The third kappa shape index (κ3) is 25.1. The topological polar surface area (TPSA) is 469 Å². The monoisotopic (exact) mass is 1110 g/mol. The molecule has 0 unspecified atom stereocenters. The Kier molecular flexibility index (Phi) is 34.4. The third-order valence-corrected chi connectivity index (χ3v) is 13.5. The van der Waals surface area contributed by atoms with Crippen LogP contribution in [0.15, 0.2) is 48.5 Å². The molecule has 0 saturated carbocycles. The molecule has 0 radical (unpaired) electrons. The number of nitrogens with zero attached hydrogens (tertiary/aromatic N) is 3. The SMILES string of the molecule is NCCCCc1ccc(-c2ccc(CCC(=O)NCCN(CCCN(C[C@H](O)[C@@H](O)[C@H](O)[C@H](O)CO)C[C@H](O)[C@@H](O)[C@H](O)[C@H](O)CO)CCCN(C[C@H](O)[C@@H](O)[C@H](O)[C@H](O)CO)C[C@H](O)[C@@H](O)[C@H](O)[C@H](O)CO)cc2)cc1. The summed E-state index contributed by atoms with van der Waals surface area (Å²) in [6, 6.07) is 16.2. The van der Waals surface area contributed by atoms with E-state index in [0.29, 0.717) is 13.0 Å². The summed E-state index contributed by atoms with van der Waals surface area (Å²) in [4.78, 5) is 17.7. The van der Waals surface area contributed by atoms with Crippen LogP contribution in [0.2, 0.25) is 0 Å². The molecule has 446 valence electrons. The van der Waals surface area contributed by atoms with Crippen molar-refractivity contribution in [1.29, 1.82) is 0 Å². The van der Waals surface area contributed by atoms with Crippen molar-refractivity contribution in [2.75, 3.05) is 98.4 Å². The highest BCUT2D eigenvalue weighted by Crippen LogP contribution is 2.22. The van der Waals surface area contributed by atoms with Crippen molar-refractivity contribution in [3.63, 3.8) is 0 Å². The van der Waals surface area contributed by atoms with Crippen molar-refractivity contribution in [2.45, 2.75) is 143 Å². The summed E-state index contributed by atoms with van der Waals surface area (Å²) in [6.07, 6.45) is -26.9. The molecule has 0 aliphatic carbocycles. The molecule has 1 amide bonds. The van der Waals surface area contributed by atoms with Gasteiger partial charge in [-0.2, -0.15) is 0 Å². The molecule has 0 spiro atoms. The summed E-state index contributed by atoms with van der Waals surface area (Å²) < 4.78 is 0. The maximum absolute atomic E-state index is 13.2. The molecule has 26 heteroatoms. The van der Waals surface area contributed by atoms with Crippen LogP contribution in [0.4, 0.5) is 0 Å². The number of nitrogens with one attached hydrogen (secondary N) is 1. The van der Waals surface area contributed by atoms with Gasteiger partial charge in [-0.05, 0) is 93.5 Å². The van der Waals surface area contributed by atoms with Crippen molar-refractivity contribution in [3.8, 4) is 11.1 Å². The fraction of sp³-hybridized carbons (Fsp3) is 0.745. The average Bonchev–Trinajstić information content (AvgIpc) is 3.43. The van der Waals surface area contributed by atoms with E-state index in [-0.39, 0.29) is 64.4 Å². The summed E-state index contributed by atoms with van der Waals surface area (Å²) >= 11 is 0. The molecule has 0 aliphatic rings. The van der Waals surface area contributed by atoms with Crippen LogP contribution < -0.4 is 11.1 Å². The van der Waals surface area contributed by atoms with Gasteiger partial charge in [0, 0.05) is 45.7 Å². The first-order valence-electron chi connectivity index (χ1n) is 26.2. The molecule has 0 aliphatic heterocycles. The number of benzene rings is 2. The van der Waals surface area contributed by atoms with Crippen molar-refractivity contribution >= 4 is 5.91 Å². The highest BCUT2D eigenvalue weighted by Gasteiger charge is 2.36. The lowest BCUT2D eigenvalue weighted by atomic mass is 9.99. The summed E-state index contributed by atoms with van der Waals surface area (Å²) in [5, 5.41) is 206. The highest BCUT2D eigenvalue weighted by atomic mass is 16.4. The van der Waals surface area contributed by atoms with Crippen LogP contribution in [0.25, 0.3) is 11.1 Å². The number of aliphatic hydroxyl groups is 20. The van der Waals surface area contributed by atoms with Crippen LogP contribution >= 0.6 is 0 Å². The molecule has 2 aromatic carbocycles. The molecule has 0 fully saturated rings. The minimum Gasteiger partial charge on any atom is -0.394 e. The number of amides is 1. The number of aliphatic hydroxyl groups excluding tert-OH is 20. The molecule has 23 N–H and O–H groups in total. The zero-order valence-electron chi connectivity index (χ0n) is 43.7. The lowest BCUT2D eigenvalue weighted by Gasteiger charge is -2.34. The van der Waals surface area contributed by atoms with Crippen molar-refractivity contribution in [3.05, 3.63) is 59.7 Å². The van der Waals surface area contributed by atoms with Crippen LogP contribution in [0.3, 0.4) is 0 Å². The first-order valence-corrected chi connectivity index (χ1v) is 26.2. The van der Waals surface area contributed by atoms with Gasteiger partial charge in [0.1, 0.15) is 73.2 Å². The van der Waals surface area contributed by atoms with Gasteiger partial charge < -0.3 is 118 Å². The van der Waals surface area contributed by atoms with Gasteiger partial charge in [0.25, 0.3) is 0 Å². The summed E-state index contributed by atoms with van der Waals surface area (Å²) in [5.74, 6) is -0.263. The molecule has 0 saturated heterocycles. The molecule has 0 aromatic heterocycles. The van der Waals surface area contributed by atoms with Gasteiger partial charge in [0.15, 0.2) is 0 Å². The smallest absolute Gasteiger partial charge is 0.220 e. The van der Waals surface area contributed by atoms with E-state index in [2.05, 4.69) is 29.6 Å². The molecule has 0 heterocycles. The number of aryl methyl sites for hydroxylation is 2. The van der Waals surface area contributed by atoms with E-state index in [0.717, 1.165) is 36.0 Å². The molecule has 26 nitrogen and oxygen atoms in total. The number of hydrogen-bond acceptors (Lipinski definition) is 25. The molecule has 16 atom stereocenters. The van der Waals surface area contributed by atoms with E-state index in [1.165, 1.54) is 15.4 Å². The molecule has 77 heavy (non-hydrogen) atoms. The number of hydrogen-bond donors (Lipinski definition) is 22. The highest BCUT2D eigenvalue weighted by molar-refractivity contribution is 5.76. The fourth-order valence-electron chi connectivity index (χ4n) is 8.53. The predicted molar refractivity (Wildman–Crippen MR) is 278 cm³/mol. The Labute approximate surface area is 449 Å². The summed E-state index contributed by atoms with van der Waals surface area (Å²) in [5.41, 5.74) is 9.85. The Morgan fingerprint density at radius 2 is 0.688 bits per heavy atom. The van der Waals surface area contributed by atoms with Crippen LogP contribution in [-0.2, 0) is 17.6 Å². The lowest BCUT2D eigenvalue weighted by Crippen LogP contribution is -2.53. The van der Waals surface area contributed by atoms with Crippen LogP contribution in [-0.4, -0.2) is 319 Å². The minimum atomic E-state index is -2.02. The summed E-state index contributed by atoms with van der Waals surface area (Å²) in [7, 11) is 0. The average molecular weight is 1110 g/mol. The number of carbonyl (C=O) groups excluding carboxylic acids is 1. The second kappa shape index (κ2) is 37.8. The van der Waals surface area contributed by atoms with E-state index in [1.807, 2.05) is 29.2 Å². The first-order chi connectivity index (χ1) is 36.5. The van der Waals surface area contributed by atoms with E-state index in [1.54, 1.807) is 0 Å². The van der Waals surface area contributed by atoms with E-state index in [4.69, 9.17) is 5.73 Å². The zero-order chi connectivity index (χ0) is 57.8. The van der Waals surface area contributed by atoms with E-state index < -0.39 is 150 Å². The molecular weight excluding hydrogens is 1020 g/mol. The van der Waals surface area contributed by atoms with Crippen LogP contribution in [0.1, 0.15) is 43.2 Å². The van der Waals surface area contributed by atoms with Gasteiger partial charge in [-0.15, -0.1) is 0 Å². The maximum atomic E-state index is 13.2. The lowest BCUT2D eigenvalue weighted by molar-refractivity contribution is -0.130. The quantitative estimate of drug-likeness (QED) is 0.0274. The zero-order valence-corrected chi connectivity index (χ0v) is 43.7. The van der Waals surface area contributed by atoms with Crippen LogP contribution in [0.5, 0.6) is 0 Å². The minimum absolute atomic E-state index is 0.0443. The number of carbonyl (C=O) groups is 1. The number of rotatable bonds is 43. The Hall–Kier alpha value is -3.05. The van der Waals surface area contributed by atoms with Gasteiger partial charge >= 0.3 is 0 Å². The molecule has 2 rings (SSSR count). The van der Waals surface area contributed by atoms with Gasteiger partial charge in [0.2, 0.25) is 5.91 Å². The Bertz CT molecular complexity index is 1710. The molecule has 2 aromatic rings. The predicted octanol–water partition coefficient (Wildman–Crippen LogP) is -8.89.